The summed E-state index contributed by atoms with van der Waals surface area (Å²) in [6.45, 7) is 11.0. The number of anilines is 1. The Bertz CT molecular complexity index is 723. The van der Waals surface area contributed by atoms with Crippen molar-refractivity contribution in [3.63, 3.8) is 0 Å². The number of likely N-dealkylation sites (tertiary alicyclic amines) is 1. The summed E-state index contributed by atoms with van der Waals surface area (Å²) in [5.41, 5.74) is 0.811. The van der Waals surface area contributed by atoms with Gasteiger partial charge in [-0.25, -0.2) is 9.78 Å². The van der Waals surface area contributed by atoms with Crippen LogP contribution in [-0.4, -0.2) is 84.5 Å². The van der Waals surface area contributed by atoms with E-state index in [1.54, 1.807) is 18.1 Å². The summed E-state index contributed by atoms with van der Waals surface area (Å²) in [7, 11) is 1.56. The molecule has 1 N–H and O–H groups in total. The molecule has 0 spiro atoms. The predicted molar refractivity (Wildman–Crippen MR) is 112 cm³/mol. The van der Waals surface area contributed by atoms with Gasteiger partial charge in [-0.2, -0.15) is 0 Å². The number of carbonyl (C=O) groups is 2. The standard InChI is InChI=1S/C21H33N5O3/c1-15-11-16(2)13-26(12-15)19(27)14-24-7-9-25(10-8-24)21(28)23-20-18(29-4)6-5-17(3)22-20/h5-6,15-16H,7-14H2,1-4H3,(H,22,23,28). The number of nitrogens with zero attached hydrogens (tertiary/aromatic N) is 4. The summed E-state index contributed by atoms with van der Waals surface area (Å²) in [6, 6.07) is 3.45. The minimum atomic E-state index is -0.189. The number of hydrogen-bond acceptors (Lipinski definition) is 5. The molecule has 2 atom stereocenters. The molecule has 2 aliphatic rings. The topological polar surface area (TPSA) is 78.0 Å². The van der Waals surface area contributed by atoms with E-state index in [2.05, 4.69) is 29.0 Å². The van der Waals surface area contributed by atoms with E-state index >= 15 is 0 Å². The lowest BCUT2D eigenvalue weighted by molar-refractivity contribution is -0.135. The van der Waals surface area contributed by atoms with Gasteiger partial charge in [0.2, 0.25) is 5.91 Å². The van der Waals surface area contributed by atoms with Crippen molar-refractivity contribution in [2.24, 2.45) is 11.8 Å². The lowest BCUT2D eigenvalue weighted by atomic mass is 9.92. The van der Waals surface area contributed by atoms with Crippen LogP contribution in [0.25, 0.3) is 0 Å². The number of urea groups is 1. The number of aromatic nitrogens is 1. The third-order valence-electron chi connectivity index (χ3n) is 5.68. The third-order valence-corrected chi connectivity index (χ3v) is 5.68. The number of piperazine rings is 1. The monoisotopic (exact) mass is 403 g/mol. The Morgan fingerprint density at radius 1 is 1.10 bits per heavy atom. The molecule has 0 radical (unpaired) electrons. The molecule has 3 rings (SSSR count). The van der Waals surface area contributed by atoms with E-state index in [-0.39, 0.29) is 11.9 Å². The highest BCUT2D eigenvalue weighted by Gasteiger charge is 2.28. The zero-order chi connectivity index (χ0) is 21.0. The molecule has 8 heteroatoms. The van der Waals surface area contributed by atoms with Crippen LogP contribution >= 0.6 is 0 Å². The van der Waals surface area contributed by atoms with Crippen molar-refractivity contribution < 1.29 is 14.3 Å². The molecular weight excluding hydrogens is 370 g/mol. The van der Waals surface area contributed by atoms with Gasteiger partial charge in [0.1, 0.15) is 0 Å². The van der Waals surface area contributed by atoms with E-state index in [1.807, 2.05) is 17.9 Å². The van der Waals surface area contributed by atoms with Crippen LogP contribution in [0, 0.1) is 18.8 Å². The van der Waals surface area contributed by atoms with Crippen molar-refractivity contribution in [1.82, 2.24) is 19.7 Å². The first-order valence-electron chi connectivity index (χ1n) is 10.4. The number of carbonyl (C=O) groups excluding carboxylic acids is 2. The Morgan fingerprint density at radius 2 is 1.76 bits per heavy atom. The van der Waals surface area contributed by atoms with E-state index in [0.29, 0.717) is 56.1 Å². The number of aryl methyl sites for hydroxylation is 1. The molecule has 3 amide bonds. The van der Waals surface area contributed by atoms with Crippen LogP contribution in [0.3, 0.4) is 0 Å². The minimum Gasteiger partial charge on any atom is -0.493 e. The number of hydrogen-bond donors (Lipinski definition) is 1. The number of amides is 3. The maximum atomic E-state index is 12.7. The number of ether oxygens (including phenoxy) is 1. The quantitative estimate of drug-likeness (QED) is 0.833. The van der Waals surface area contributed by atoms with Gasteiger partial charge in [-0.05, 0) is 37.3 Å². The van der Waals surface area contributed by atoms with Crippen LogP contribution in [0.4, 0.5) is 10.6 Å². The molecule has 1 aromatic rings. The van der Waals surface area contributed by atoms with Crippen molar-refractivity contribution in [1.29, 1.82) is 0 Å². The van der Waals surface area contributed by atoms with Crippen LogP contribution in [-0.2, 0) is 4.79 Å². The van der Waals surface area contributed by atoms with Crippen LogP contribution in [0.2, 0.25) is 0 Å². The van der Waals surface area contributed by atoms with Gasteiger partial charge >= 0.3 is 6.03 Å². The fraction of sp³-hybridized carbons (Fsp3) is 0.667. The van der Waals surface area contributed by atoms with E-state index in [0.717, 1.165) is 18.8 Å². The maximum Gasteiger partial charge on any atom is 0.323 e. The lowest BCUT2D eigenvalue weighted by Crippen LogP contribution is -2.53. The molecule has 2 fully saturated rings. The summed E-state index contributed by atoms with van der Waals surface area (Å²) < 4.78 is 5.28. The number of piperidine rings is 1. The number of nitrogens with one attached hydrogen (secondary N) is 1. The van der Waals surface area contributed by atoms with Gasteiger partial charge < -0.3 is 14.5 Å². The highest BCUT2D eigenvalue weighted by Crippen LogP contribution is 2.23. The van der Waals surface area contributed by atoms with Crippen molar-refractivity contribution in [3.05, 3.63) is 17.8 Å². The molecule has 0 saturated carbocycles. The van der Waals surface area contributed by atoms with Crippen molar-refractivity contribution in [3.8, 4) is 5.75 Å². The number of methoxy groups -OCH3 is 1. The maximum absolute atomic E-state index is 12.7. The fourth-order valence-electron chi connectivity index (χ4n) is 4.25. The average Bonchev–Trinajstić information content (AvgIpc) is 2.68. The van der Waals surface area contributed by atoms with Crippen molar-refractivity contribution in [2.75, 3.05) is 58.2 Å². The Balaban J connectivity index is 1.48. The molecular formula is C21H33N5O3. The fourth-order valence-corrected chi connectivity index (χ4v) is 4.25. The Kier molecular flexibility index (Phi) is 6.95. The highest BCUT2D eigenvalue weighted by atomic mass is 16.5. The predicted octanol–water partition coefficient (Wildman–Crippen LogP) is 2.05. The molecule has 8 nitrogen and oxygen atoms in total. The van der Waals surface area contributed by atoms with Crippen molar-refractivity contribution in [2.45, 2.75) is 27.2 Å². The first-order valence-corrected chi connectivity index (χ1v) is 10.4. The molecule has 1 aromatic heterocycles. The zero-order valence-corrected chi connectivity index (χ0v) is 18.0. The SMILES string of the molecule is COc1ccc(C)nc1NC(=O)N1CCN(CC(=O)N2CC(C)CC(C)C2)CC1. The second-order valence-corrected chi connectivity index (χ2v) is 8.44. The Hall–Kier alpha value is -2.35. The van der Waals surface area contributed by atoms with Crippen LogP contribution in [0.1, 0.15) is 26.0 Å². The largest absolute Gasteiger partial charge is 0.493 e. The molecule has 3 heterocycles. The van der Waals surface area contributed by atoms with Crippen LogP contribution < -0.4 is 10.1 Å². The summed E-state index contributed by atoms with van der Waals surface area (Å²) in [4.78, 5) is 35.6. The second kappa shape index (κ2) is 9.43. The Labute approximate surface area is 173 Å². The van der Waals surface area contributed by atoms with Gasteiger partial charge in [-0.1, -0.05) is 13.8 Å². The third kappa shape index (κ3) is 5.59. The first kappa shape index (κ1) is 21.4. The van der Waals surface area contributed by atoms with E-state index in [9.17, 15) is 9.59 Å². The molecule has 0 aliphatic carbocycles. The van der Waals surface area contributed by atoms with Crippen LogP contribution in [0.5, 0.6) is 5.75 Å². The number of rotatable bonds is 4. The summed E-state index contributed by atoms with van der Waals surface area (Å²) in [6.07, 6.45) is 1.19. The van der Waals surface area contributed by atoms with Gasteiger partial charge in [0.25, 0.3) is 0 Å². The average molecular weight is 404 g/mol. The molecule has 2 saturated heterocycles. The summed E-state index contributed by atoms with van der Waals surface area (Å²) in [5.74, 6) is 2.31. The van der Waals surface area contributed by atoms with Gasteiger partial charge in [-0.15, -0.1) is 0 Å². The smallest absolute Gasteiger partial charge is 0.323 e. The van der Waals surface area contributed by atoms with Gasteiger partial charge in [-0.3, -0.25) is 15.0 Å². The van der Waals surface area contributed by atoms with Gasteiger partial charge in [0.05, 0.1) is 13.7 Å². The summed E-state index contributed by atoms with van der Waals surface area (Å²) in [5, 5.41) is 2.85. The molecule has 160 valence electrons. The second-order valence-electron chi connectivity index (χ2n) is 8.44. The molecule has 0 bridgehead atoms. The lowest BCUT2D eigenvalue weighted by Gasteiger charge is -2.38. The molecule has 0 aromatic carbocycles. The molecule has 2 unspecified atom stereocenters. The van der Waals surface area contributed by atoms with Gasteiger partial charge in [0, 0.05) is 45.0 Å². The zero-order valence-electron chi connectivity index (χ0n) is 18.0. The number of pyridine rings is 1. The van der Waals surface area contributed by atoms with E-state index < -0.39 is 0 Å². The van der Waals surface area contributed by atoms with E-state index in [1.165, 1.54) is 6.42 Å². The minimum absolute atomic E-state index is 0.189. The highest BCUT2D eigenvalue weighted by molar-refractivity contribution is 5.90. The Morgan fingerprint density at radius 3 is 2.38 bits per heavy atom. The normalized spacial score (nSPS) is 23.0. The van der Waals surface area contributed by atoms with E-state index in [4.69, 9.17) is 4.74 Å². The van der Waals surface area contributed by atoms with Crippen molar-refractivity contribution >= 4 is 17.8 Å². The van der Waals surface area contributed by atoms with Gasteiger partial charge in [0.15, 0.2) is 11.6 Å². The summed E-state index contributed by atoms with van der Waals surface area (Å²) >= 11 is 0. The molecule has 29 heavy (non-hydrogen) atoms. The molecule has 2 aliphatic heterocycles. The first-order chi connectivity index (χ1) is 13.9. The van der Waals surface area contributed by atoms with Crippen LogP contribution in [0.15, 0.2) is 12.1 Å².